The standard InChI is InChI=1S/C21H25FINO3/c1-24-19-7-4-17(5-8-19)2-3-18-6-9-21(20(23)16-18)27-15-14-26-13-12-25-11-10-22/h2-9,16,24H,10-15H2,1H3/b3-2+/i23-4. The molecular weight excluding hydrogens is 456 g/mol. The summed E-state index contributed by atoms with van der Waals surface area (Å²) in [5, 5.41) is 3.11. The Bertz CT molecular complexity index is 707. The lowest BCUT2D eigenvalue weighted by molar-refractivity contribution is 0.0324. The summed E-state index contributed by atoms with van der Waals surface area (Å²) in [4.78, 5) is 0. The van der Waals surface area contributed by atoms with Crippen molar-refractivity contribution in [1.82, 2.24) is 0 Å². The van der Waals surface area contributed by atoms with E-state index in [2.05, 4.69) is 70.4 Å². The minimum atomic E-state index is -0.463. The molecule has 0 aromatic heterocycles. The highest BCUT2D eigenvalue weighted by atomic mass is 123. The van der Waals surface area contributed by atoms with Crippen molar-refractivity contribution < 1.29 is 18.6 Å². The molecule has 1 N–H and O–H groups in total. The maximum absolute atomic E-state index is 11.8. The molecule has 27 heavy (non-hydrogen) atoms. The molecule has 0 saturated heterocycles. The summed E-state index contributed by atoms with van der Waals surface area (Å²) >= 11 is 2.27. The first-order valence-corrected chi connectivity index (χ1v) is 9.90. The number of halogens is 2. The lowest BCUT2D eigenvalue weighted by Gasteiger charge is -2.09. The van der Waals surface area contributed by atoms with Crippen LogP contribution < -0.4 is 10.1 Å². The Kier molecular flexibility index (Phi) is 10.2. The second-order valence-electron chi connectivity index (χ2n) is 5.66. The normalized spacial score (nSPS) is 11.1. The quantitative estimate of drug-likeness (QED) is 0.267. The summed E-state index contributed by atoms with van der Waals surface area (Å²) in [5.41, 5.74) is 3.36. The third-order valence-corrected chi connectivity index (χ3v) is 4.55. The van der Waals surface area contributed by atoms with Crippen molar-refractivity contribution in [2.75, 3.05) is 52.1 Å². The van der Waals surface area contributed by atoms with E-state index >= 15 is 0 Å². The van der Waals surface area contributed by atoms with E-state index in [0.29, 0.717) is 26.4 Å². The predicted molar refractivity (Wildman–Crippen MR) is 117 cm³/mol. The average Bonchev–Trinajstić information content (AvgIpc) is 2.70. The maximum atomic E-state index is 11.8. The topological polar surface area (TPSA) is 39.7 Å². The van der Waals surface area contributed by atoms with Crippen LogP contribution in [0.2, 0.25) is 0 Å². The van der Waals surface area contributed by atoms with Crippen LogP contribution in [0.4, 0.5) is 10.1 Å². The highest BCUT2D eigenvalue weighted by molar-refractivity contribution is 14.1. The minimum absolute atomic E-state index is 0.125. The van der Waals surface area contributed by atoms with Gasteiger partial charge in [-0.15, -0.1) is 0 Å². The van der Waals surface area contributed by atoms with Crippen LogP contribution in [0.15, 0.2) is 42.5 Å². The first-order valence-electron chi connectivity index (χ1n) is 8.82. The van der Waals surface area contributed by atoms with E-state index in [-0.39, 0.29) is 6.61 Å². The van der Waals surface area contributed by atoms with E-state index in [1.807, 2.05) is 19.2 Å². The highest BCUT2D eigenvalue weighted by Crippen LogP contribution is 2.23. The van der Waals surface area contributed by atoms with Crippen LogP contribution >= 0.6 is 22.6 Å². The van der Waals surface area contributed by atoms with Crippen LogP contribution in [0, 0.1) is 3.57 Å². The summed E-state index contributed by atoms with van der Waals surface area (Å²) in [6.07, 6.45) is 4.17. The van der Waals surface area contributed by atoms with Gasteiger partial charge in [0.15, 0.2) is 0 Å². The molecule has 0 aliphatic heterocycles. The number of rotatable bonds is 12. The number of anilines is 1. The SMILES string of the molecule is CNc1ccc(/C=C/c2ccc(OCCOCCOCCF)c([123I])c2)cc1. The van der Waals surface area contributed by atoms with Crippen molar-refractivity contribution >= 4 is 40.4 Å². The summed E-state index contributed by atoms with van der Waals surface area (Å²) in [5.74, 6) is 0.836. The van der Waals surface area contributed by atoms with Gasteiger partial charge in [-0.1, -0.05) is 30.4 Å². The Morgan fingerprint density at radius 2 is 1.52 bits per heavy atom. The van der Waals surface area contributed by atoms with Crippen LogP contribution in [0.25, 0.3) is 12.2 Å². The number of nitrogens with one attached hydrogen (secondary N) is 1. The van der Waals surface area contributed by atoms with Gasteiger partial charge < -0.3 is 19.5 Å². The van der Waals surface area contributed by atoms with Crippen molar-refractivity contribution in [2.45, 2.75) is 0 Å². The summed E-state index contributed by atoms with van der Waals surface area (Å²) in [7, 11) is 1.91. The van der Waals surface area contributed by atoms with Gasteiger partial charge in [0.1, 0.15) is 19.0 Å². The largest absolute Gasteiger partial charge is 0.490 e. The average molecular weight is 481 g/mol. The lowest BCUT2D eigenvalue weighted by Crippen LogP contribution is -2.11. The number of ether oxygens (including phenoxy) is 3. The zero-order valence-electron chi connectivity index (χ0n) is 15.4. The highest BCUT2D eigenvalue weighted by Gasteiger charge is 2.02. The molecular formula is C21H25FINO3. The van der Waals surface area contributed by atoms with Crippen molar-refractivity contribution in [3.05, 3.63) is 57.2 Å². The molecule has 0 atom stereocenters. The molecule has 6 heteroatoms. The van der Waals surface area contributed by atoms with E-state index in [1.54, 1.807) is 0 Å². The first-order chi connectivity index (χ1) is 13.2. The Hall–Kier alpha value is -1.64. The minimum Gasteiger partial charge on any atom is -0.490 e. The molecule has 0 heterocycles. The molecule has 4 nitrogen and oxygen atoms in total. The van der Waals surface area contributed by atoms with Crippen LogP contribution in [0.5, 0.6) is 5.75 Å². The maximum Gasteiger partial charge on any atom is 0.132 e. The molecule has 0 radical (unpaired) electrons. The number of hydrogen-bond donors (Lipinski definition) is 1. The second kappa shape index (κ2) is 12.7. The predicted octanol–water partition coefficient (Wildman–Crippen LogP) is 4.88. The number of alkyl halides is 1. The van der Waals surface area contributed by atoms with Crippen molar-refractivity contribution in [2.24, 2.45) is 0 Å². The van der Waals surface area contributed by atoms with Crippen molar-refractivity contribution in [3.63, 3.8) is 0 Å². The molecule has 146 valence electrons. The van der Waals surface area contributed by atoms with E-state index in [4.69, 9.17) is 14.2 Å². The van der Waals surface area contributed by atoms with E-state index in [0.717, 1.165) is 26.1 Å². The Morgan fingerprint density at radius 1 is 0.889 bits per heavy atom. The molecule has 0 aliphatic carbocycles. The fourth-order valence-electron chi connectivity index (χ4n) is 2.28. The van der Waals surface area contributed by atoms with Crippen LogP contribution in [-0.2, 0) is 9.47 Å². The molecule has 0 aliphatic rings. The molecule has 0 unspecified atom stereocenters. The molecule has 2 aromatic rings. The van der Waals surface area contributed by atoms with Crippen LogP contribution in [-0.4, -0.2) is 46.8 Å². The summed E-state index contributed by atoms with van der Waals surface area (Å²) in [6.45, 7) is 1.44. The summed E-state index contributed by atoms with van der Waals surface area (Å²) < 4.78 is 29.0. The van der Waals surface area contributed by atoms with E-state index in [1.165, 1.54) is 0 Å². The van der Waals surface area contributed by atoms with Crippen molar-refractivity contribution in [1.29, 1.82) is 0 Å². The number of benzene rings is 2. The molecule has 0 amide bonds. The van der Waals surface area contributed by atoms with Gasteiger partial charge in [0, 0.05) is 12.7 Å². The molecule has 2 aromatic carbocycles. The van der Waals surface area contributed by atoms with Gasteiger partial charge >= 0.3 is 0 Å². The van der Waals surface area contributed by atoms with Crippen molar-refractivity contribution in [3.8, 4) is 5.75 Å². The van der Waals surface area contributed by atoms with Gasteiger partial charge in [0.2, 0.25) is 0 Å². The van der Waals surface area contributed by atoms with Gasteiger partial charge in [0.05, 0.1) is 30.0 Å². The fraction of sp³-hybridized carbons (Fsp3) is 0.333. The zero-order valence-corrected chi connectivity index (χ0v) is 17.6. The molecule has 0 spiro atoms. The smallest absolute Gasteiger partial charge is 0.132 e. The molecule has 0 fully saturated rings. The zero-order chi connectivity index (χ0) is 19.3. The van der Waals surface area contributed by atoms with Crippen LogP contribution in [0.3, 0.4) is 0 Å². The van der Waals surface area contributed by atoms with Gasteiger partial charge in [0.25, 0.3) is 0 Å². The van der Waals surface area contributed by atoms with Gasteiger partial charge in [-0.05, 0) is 58.0 Å². The van der Waals surface area contributed by atoms with E-state index < -0.39 is 6.67 Å². The molecule has 0 saturated carbocycles. The van der Waals surface area contributed by atoms with E-state index in [9.17, 15) is 4.39 Å². The van der Waals surface area contributed by atoms with Crippen LogP contribution in [0.1, 0.15) is 11.1 Å². The third-order valence-electron chi connectivity index (χ3n) is 3.70. The van der Waals surface area contributed by atoms with Gasteiger partial charge in [-0.2, -0.15) is 0 Å². The fourth-order valence-corrected chi connectivity index (χ4v) is 2.97. The Balaban J connectivity index is 1.76. The molecule has 0 bridgehead atoms. The second-order valence-corrected chi connectivity index (χ2v) is 6.82. The lowest BCUT2D eigenvalue weighted by atomic mass is 10.1. The number of hydrogen-bond acceptors (Lipinski definition) is 4. The molecule has 2 rings (SSSR count). The van der Waals surface area contributed by atoms with Gasteiger partial charge in [-0.3, -0.25) is 0 Å². The summed E-state index contributed by atoms with van der Waals surface area (Å²) in [6, 6.07) is 14.3. The Morgan fingerprint density at radius 3 is 2.19 bits per heavy atom. The van der Waals surface area contributed by atoms with Gasteiger partial charge in [-0.25, -0.2) is 4.39 Å². The third kappa shape index (κ3) is 8.28. The first kappa shape index (κ1) is 21.7. The monoisotopic (exact) mass is 481 g/mol. The Labute approximate surface area is 173 Å².